The second-order valence-electron chi connectivity index (χ2n) is 4.41. The topological polar surface area (TPSA) is 57.7 Å². The zero-order chi connectivity index (χ0) is 13.1. The molecule has 1 fully saturated rings. The molecular formula is C10H19ClN2O3S. The van der Waals surface area contributed by atoms with Crippen LogP contribution in [0.4, 0.5) is 0 Å². The Bertz CT molecular complexity index is 362. The molecular weight excluding hydrogens is 264 g/mol. The monoisotopic (exact) mass is 282 g/mol. The van der Waals surface area contributed by atoms with Gasteiger partial charge in [0.25, 0.3) is 0 Å². The molecule has 1 rings (SSSR count). The van der Waals surface area contributed by atoms with E-state index in [4.69, 9.17) is 11.6 Å². The summed E-state index contributed by atoms with van der Waals surface area (Å²) < 4.78 is 24.9. The summed E-state index contributed by atoms with van der Waals surface area (Å²) in [7, 11) is 0.216. The standard InChI is InChI=1S/C10H19ClN2O3S/c1-12(2)10(14)9-3-6-13(7-4-9)17(15,16)8-5-11/h9H,3-8H2,1-2H3. The summed E-state index contributed by atoms with van der Waals surface area (Å²) in [5.41, 5.74) is 0. The van der Waals surface area contributed by atoms with E-state index < -0.39 is 10.0 Å². The van der Waals surface area contributed by atoms with Gasteiger partial charge in [-0.1, -0.05) is 0 Å². The zero-order valence-corrected chi connectivity index (χ0v) is 11.8. The summed E-state index contributed by atoms with van der Waals surface area (Å²) in [6.45, 7) is 0.840. The minimum atomic E-state index is -3.23. The fraction of sp³-hybridized carbons (Fsp3) is 0.900. The third kappa shape index (κ3) is 3.82. The van der Waals surface area contributed by atoms with Gasteiger partial charge in [0.2, 0.25) is 15.9 Å². The number of hydrogen-bond acceptors (Lipinski definition) is 3. The van der Waals surface area contributed by atoms with Crippen LogP contribution in [-0.2, 0) is 14.8 Å². The van der Waals surface area contributed by atoms with Crippen LogP contribution >= 0.6 is 11.6 Å². The largest absolute Gasteiger partial charge is 0.349 e. The Morgan fingerprint density at radius 3 is 2.29 bits per heavy atom. The maximum atomic E-state index is 11.7. The SMILES string of the molecule is CN(C)C(=O)C1CCN(S(=O)(=O)CCCl)CC1. The molecule has 0 aromatic heterocycles. The lowest BCUT2D eigenvalue weighted by molar-refractivity contribution is -0.134. The Labute approximate surface area is 108 Å². The molecule has 0 aromatic carbocycles. The highest BCUT2D eigenvalue weighted by Crippen LogP contribution is 2.21. The third-order valence-electron chi connectivity index (χ3n) is 2.97. The fourth-order valence-corrected chi connectivity index (χ4v) is 3.78. The smallest absolute Gasteiger partial charge is 0.225 e. The van der Waals surface area contributed by atoms with Crippen LogP contribution in [0, 0.1) is 5.92 Å². The van der Waals surface area contributed by atoms with E-state index in [1.165, 1.54) is 4.31 Å². The Kier molecular flexibility index (Phi) is 5.22. The van der Waals surface area contributed by atoms with Gasteiger partial charge >= 0.3 is 0 Å². The molecule has 1 aliphatic heterocycles. The number of alkyl halides is 1. The Balaban J connectivity index is 2.54. The van der Waals surface area contributed by atoms with Crippen molar-refractivity contribution in [1.82, 2.24) is 9.21 Å². The number of carbonyl (C=O) groups is 1. The number of rotatable bonds is 4. The Hall–Kier alpha value is -0.330. The van der Waals surface area contributed by atoms with Crippen molar-refractivity contribution in [1.29, 1.82) is 0 Å². The number of hydrogen-bond donors (Lipinski definition) is 0. The molecule has 0 bridgehead atoms. The first-order valence-electron chi connectivity index (χ1n) is 5.63. The molecule has 0 N–H and O–H groups in total. The molecule has 0 radical (unpaired) electrons. The maximum absolute atomic E-state index is 11.7. The van der Waals surface area contributed by atoms with E-state index in [0.29, 0.717) is 25.9 Å². The van der Waals surface area contributed by atoms with Crippen molar-refractivity contribution in [3.8, 4) is 0 Å². The van der Waals surface area contributed by atoms with Gasteiger partial charge in [0.15, 0.2) is 0 Å². The van der Waals surface area contributed by atoms with Crippen LogP contribution in [0.3, 0.4) is 0 Å². The first kappa shape index (κ1) is 14.7. The van der Waals surface area contributed by atoms with Crippen molar-refractivity contribution in [3.05, 3.63) is 0 Å². The van der Waals surface area contributed by atoms with Crippen LogP contribution < -0.4 is 0 Å². The summed E-state index contributed by atoms with van der Waals surface area (Å²) in [6.07, 6.45) is 1.19. The lowest BCUT2D eigenvalue weighted by atomic mass is 9.97. The van der Waals surface area contributed by atoms with Crippen molar-refractivity contribution >= 4 is 27.5 Å². The van der Waals surface area contributed by atoms with Gasteiger partial charge in [-0.05, 0) is 12.8 Å². The van der Waals surface area contributed by atoms with E-state index in [0.717, 1.165) is 0 Å². The molecule has 0 aromatic rings. The van der Waals surface area contributed by atoms with Gasteiger partial charge in [-0.15, -0.1) is 11.6 Å². The summed E-state index contributed by atoms with van der Waals surface area (Å²) in [6, 6.07) is 0. The molecule has 1 amide bonds. The van der Waals surface area contributed by atoms with Gasteiger partial charge in [0.05, 0.1) is 5.75 Å². The molecule has 0 saturated carbocycles. The van der Waals surface area contributed by atoms with Gasteiger partial charge in [-0.2, -0.15) is 0 Å². The van der Waals surface area contributed by atoms with Gasteiger partial charge in [-0.3, -0.25) is 4.79 Å². The molecule has 1 aliphatic rings. The molecule has 7 heteroatoms. The lowest BCUT2D eigenvalue weighted by Gasteiger charge is -2.31. The Morgan fingerprint density at radius 2 is 1.88 bits per heavy atom. The average Bonchev–Trinajstić information content (AvgIpc) is 2.28. The van der Waals surface area contributed by atoms with Crippen molar-refractivity contribution in [2.75, 3.05) is 38.8 Å². The molecule has 0 spiro atoms. The van der Waals surface area contributed by atoms with E-state index >= 15 is 0 Å². The summed E-state index contributed by atoms with van der Waals surface area (Å²) in [5.74, 6) is 0.117. The van der Waals surface area contributed by atoms with Crippen LogP contribution in [0.2, 0.25) is 0 Å². The molecule has 0 aliphatic carbocycles. The van der Waals surface area contributed by atoms with Crippen LogP contribution in [0.15, 0.2) is 0 Å². The van der Waals surface area contributed by atoms with Crippen LogP contribution in [0.1, 0.15) is 12.8 Å². The first-order chi connectivity index (χ1) is 7.88. The second kappa shape index (κ2) is 6.02. The number of sulfonamides is 1. The van der Waals surface area contributed by atoms with Gasteiger partial charge in [0, 0.05) is 39.0 Å². The first-order valence-corrected chi connectivity index (χ1v) is 7.78. The highest BCUT2D eigenvalue weighted by Gasteiger charge is 2.31. The van der Waals surface area contributed by atoms with E-state index in [2.05, 4.69) is 0 Å². The fourth-order valence-electron chi connectivity index (χ4n) is 1.97. The molecule has 5 nitrogen and oxygen atoms in total. The van der Waals surface area contributed by atoms with Crippen molar-refractivity contribution < 1.29 is 13.2 Å². The third-order valence-corrected chi connectivity index (χ3v) is 5.26. The van der Waals surface area contributed by atoms with Crippen molar-refractivity contribution in [3.63, 3.8) is 0 Å². The van der Waals surface area contributed by atoms with Crippen LogP contribution in [0.25, 0.3) is 0 Å². The van der Waals surface area contributed by atoms with E-state index in [1.807, 2.05) is 0 Å². The second-order valence-corrected chi connectivity index (χ2v) is 6.88. The predicted octanol–water partition coefficient (Wildman–Crippen LogP) is 0.355. The summed E-state index contributed by atoms with van der Waals surface area (Å²) in [5, 5.41) is 0. The Morgan fingerprint density at radius 1 is 1.35 bits per heavy atom. The van der Waals surface area contributed by atoms with E-state index in [-0.39, 0.29) is 23.5 Å². The highest BCUT2D eigenvalue weighted by atomic mass is 35.5. The number of nitrogens with zero attached hydrogens (tertiary/aromatic N) is 2. The molecule has 100 valence electrons. The highest BCUT2D eigenvalue weighted by molar-refractivity contribution is 7.89. The van der Waals surface area contributed by atoms with E-state index in [9.17, 15) is 13.2 Å². The maximum Gasteiger partial charge on any atom is 0.225 e. The molecule has 0 unspecified atom stereocenters. The van der Waals surface area contributed by atoms with Crippen molar-refractivity contribution in [2.45, 2.75) is 12.8 Å². The van der Waals surface area contributed by atoms with Crippen molar-refractivity contribution in [2.24, 2.45) is 5.92 Å². The summed E-state index contributed by atoms with van der Waals surface area (Å²) in [4.78, 5) is 13.3. The molecule has 17 heavy (non-hydrogen) atoms. The number of piperidine rings is 1. The zero-order valence-electron chi connectivity index (χ0n) is 10.2. The van der Waals surface area contributed by atoms with Gasteiger partial charge < -0.3 is 4.90 Å². The normalized spacial score (nSPS) is 19.2. The minimum Gasteiger partial charge on any atom is -0.349 e. The lowest BCUT2D eigenvalue weighted by Crippen LogP contribution is -2.43. The van der Waals surface area contributed by atoms with Gasteiger partial charge in [-0.25, -0.2) is 12.7 Å². The molecule has 0 atom stereocenters. The number of amides is 1. The molecule has 1 saturated heterocycles. The number of halogens is 1. The summed E-state index contributed by atoms with van der Waals surface area (Å²) >= 11 is 5.46. The van der Waals surface area contributed by atoms with Crippen LogP contribution in [-0.4, -0.2) is 62.3 Å². The minimum absolute atomic E-state index is 0.0269. The average molecular weight is 283 g/mol. The molecule has 1 heterocycles. The van der Waals surface area contributed by atoms with Crippen LogP contribution in [0.5, 0.6) is 0 Å². The van der Waals surface area contributed by atoms with Gasteiger partial charge in [0.1, 0.15) is 0 Å². The predicted molar refractivity (Wildman–Crippen MR) is 67.5 cm³/mol. The number of carbonyl (C=O) groups excluding carboxylic acids is 1. The quantitative estimate of drug-likeness (QED) is 0.700. The van der Waals surface area contributed by atoms with E-state index in [1.54, 1.807) is 19.0 Å².